The molecule has 9 heteroatoms. The average molecular weight is 486 g/mol. The van der Waals surface area contributed by atoms with Gasteiger partial charge in [0.15, 0.2) is 0 Å². The van der Waals surface area contributed by atoms with Crippen molar-refractivity contribution in [1.82, 2.24) is 0 Å². The summed E-state index contributed by atoms with van der Waals surface area (Å²) in [6.45, 7) is 0.709. The highest BCUT2D eigenvalue weighted by molar-refractivity contribution is 9.10. The summed E-state index contributed by atoms with van der Waals surface area (Å²) in [5.74, 6) is -0.127. The van der Waals surface area contributed by atoms with Gasteiger partial charge in [-0.25, -0.2) is 4.57 Å². The van der Waals surface area contributed by atoms with Crippen molar-refractivity contribution in [3.05, 3.63) is 62.5 Å². The smallest absolute Gasteiger partial charge is 0.420 e. The van der Waals surface area contributed by atoms with Crippen molar-refractivity contribution in [2.45, 2.75) is 19.4 Å². The van der Waals surface area contributed by atoms with Gasteiger partial charge in [-0.15, -0.1) is 0 Å². The summed E-state index contributed by atoms with van der Waals surface area (Å²) < 4.78 is 47.3. The molecule has 0 aliphatic carbocycles. The summed E-state index contributed by atoms with van der Waals surface area (Å²) in [6.07, 6.45) is -3.46. The van der Waals surface area contributed by atoms with Crippen LogP contribution in [0.25, 0.3) is 0 Å². The molecule has 1 atom stereocenters. The van der Waals surface area contributed by atoms with Gasteiger partial charge in [0.2, 0.25) is 0 Å². The van der Waals surface area contributed by atoms with Crippen LogP contribution in [-0.4, -0.2) is 11.1 Å². The van der Waals surface area contributed by atoms with Crippen LogP contribution in [0.3, 0.4) is 0 Å². The van der Waals surface area contributed by atoms with E-state index in [4.69, 9.17) is 9.63 Å². The number of halogens is 4. The molecule has 0 spiro atoms. The standard InChI is InChI=1S/C15H13Br2F2O4P/c16-12-4-1-10(2-5-12)8-22-9-11-3-6-14(13(17)7-11)23-24(20,21)15(18)19/h1-7,15H,8-9H2,(H,20,21). The fourth-order valence-corrected chi connectivity index (χ4v) is 3.17. The third kappa shape index (κ3) is 5.63. The van der Waals surface area contributed by atoms with E-state index in [0.717, 1.165) is 15.6 Å². The van der Waals surface area contributed by atoms with Crippen molar-refractivity contribution >= 4 is 39.5 Å². The second kappa shape index (κ2) is 8.54. The van der Waals surface area contributed by atoms with E-state index in [-0.39, 0.29) is 5.75 Å². The molecule has 0 saturated carbocycles. The van der Waals surface area contributed by atoms with Crippen molar-refractivity contribution < 1.29 is 27.5 Å². The summed E-state index contributed by atoms with van der Waals surface area (Å²) in [4.78, 5) is 9.06. The lowest BCUT2D eigenvalue weighted by Gasteiger charge is -2.14. The van der Waals surface area contributed by atoms with Crippen LogP contribution in [0.1, 0.15) is 11.1 Å². The van der Waals surface area contributed by atoms with E-state index in [2.05, 4.69) is 36.4 Å². The quantitative estimate of drug-likeness (QED) is 0.510. The molecule has 24 heavy (non-hydrogen) atoms. The fraction of sp³-hybridized carbons (Fsp3) is 0.200. The fourth-order valence-electron chi connectivity index (χ4n) is 1.76. The summed E-state index contributed by atoms with van der Waals surface area (Å²) >= 11 is 6.48. The monoisotopic (exact) mass is 484 g/mol. The molecule has 1 N–H and O–H groups in total. The number of hydrogen-bond donors (Lipinski definition) is 1. The van der Waals surface area contributed by atoms with E-state index in [1.807, 2.05) is 24.3 Å². The van der Waals surface area contributed by atoms with Gasteiger partial charge >= 0.3 is 13.8 Å². The third-order valence-corrected chi connectivity index (χ3v) is 5.02. The minimum Gasteiger partial charge on any atom is -0.420 e. The molecular formula is C15H13Br2F2O4P. The van der Waals surface area contributed by atoms with Crippen LogP contribution in [0.4, 0.5) is 8.78 Å². The molecule has 0 saturated heterocycles. The largest absolute Gasteiger partial charge is 0.442 e. The van der Waals surface area contributed by atoms with Crippen LogP contribution in [-0.2, 0) is 22.5 Å². The maximum absolute atomic E-state index is 12.4. The summed E-state index contributed by atoms with van der Waals surface area (Å²) in [5, 5.41) is 0. The van der Waals surface area contributed by atoms with Crippen LogP contribution < -0.4 is 4.52 Å². The van der Waals surface area contributed by atoms with E-state index in [9.17, 15) is 13.3 Å². The maximum Gasteiger partial charge on any atom is 0.442 e. The molecule has 0 radical (unpaired) electrons. The van der Waals surface area contributed by atoms with Gasteiger partial charge in [0.1, 0.15) is 5.75 Å². The maximum atomic E-state index is 12.4. The highest BCUT2D eigenvalue weighted by Gasteiger charge is 2.34. The number of rotatable bonds is 7. The topological polar surface area (TPSA) is 55.8 Å². The molecule has 0 aliphatic rings. The summed E-state index contributed by atoms with van der Waals surface area (Å²) in [5.41, 5.74) is 1.77. The van der Waals surface area contributed by atoms with Crippen molar-refractivity contribution in [1.29, 1.82) is 0 Å². The molecule has 0 bridgehead atoms. The first-order chi connectivity index (χ1) is 11.3. The molecule has 1 unspecified atom stereocenters. The van der Waals surface area contributed by atoms with Gasteiger partial charge in [-0.1, -0.05) is 34.1 Å². The molecule has 0 amide bonds. The van der Waals surface area contributed by atoms with Crippen LogP contribution in [0.15, 0.2) is 51.4 Å². The number of ether oxygens (including phenoxy) is 1. The Hall–Kier alpha value is -0.790. The van der Waals surface area contributed by atoms with Gasteiger partial charge in [-0.05, 0) is 51.3 Å². The molecule has 2 rings (SSSR count). The Kier molecular flexibility index (Phi) is 6.95. The lowest BCUT2D eigenvalue weighted by Crippen LogP contribution is -2.02. The van der Waals surface area contributed by atoms with E-state index in [1.165, 1.54) is 6.07 Å². The molecule has 2 aromatic rings. The van der Waals surface area contributed by atoms with Crippen LogP contribution in [0, 0.1) is 0 Å². The number of benzene rings is 2. The van der Waals surface area contributed by atoms with Crippen molar-refractivity contribution in [2.75, 3.05) is 0 Å². The first-order valence-corrected chi connectivity index (χ1v) is 9.92. The molecule has 0 aromatic heterocycles. The molecule has 0 fully saturated rings. The van der Waals surface area contributed by atoms with E-state index < -0.39 is 13.8 Å². The third-order valence-electron chi connectivity index (χ3n) is 2.92. The van der Waals surface area contributed by atoms with Gasteiger partial charge in [0, 0.05) is 4.47 Å². The SMILES string of the molecule is O=P(O)(Oc1ccc(COCc2ccc(Br)cc2)cc1Br)C(F)F. The highest BCUT2D eigenvalue weighted by Crippen LogP contribution is 2.50. The van der Waals surface area contributed by atoms with Crippen LogP contribution in [0.2, 0.25) is 0 Å². The number of alkyl halides is 2. The van der Waals surface area contributed by atoms with Crippen molar-refractivity contribution in [3.8, 4) is 5.75 Å². The van der Waals surface area contributed by atoms with Gasteiger partial charge in [-0.3, -0.25) is 0 Å². The lowest BCUT2D eigenvalue weighted by molar-refractivity contribution is 0.107. The zero-order valence-corrected chi connectivity index (χ0v) is 16.2. The minimum absolute atomic E-state index is 0.127. The summed E-state index contributed by atoms with van der Waals surface area (Å²) in [7, 11) is -4.99. The Labute approximate surface area is 154 Å². The Morgan fingerprint density at radius 3 is 2.21 bits per heavy atom. The molecule has 0 aliphatic heterocycles. The van der Waals surface area contributed by atoms with Crippen LogP contribution in [0.5, 0.6) is 5.75 Å². The molecule has 2 aromatic carbocycles. The second-order valence-corrected chi connectivity index (χ2v) is 8.29. The van der Waals surface area contributed by atoms with Gasteiger partial charge in [-0.2, -0.15) is 8.78 Å². The predicted molar refractivity (Wildman–Crippen MR) is 93.2 cm³/mol. The Morgan fingerprint density at radius 2 is 1.62 bits per heavy atom. The molecular weight excluding hydrogens is 473 g/mol. The Balaban J connectivity index is 1.94. The summed E-state index contributed by atoms with van der Waals surface area (Å²) in [6, 6.07) is 12.2. The predicted octanol–water partition coefficient (Wildman–Crippen LogP) is 5.72. The van der Waals surface area contributed by atoms with Crippen molar-refractivity contribution in [2.24, 2.45) is 0 Å². The molecule has 4 nitrogen and oxygen atoms in total. The zero-order valence-electron chi connectivity index (χ0n) is 12.2. The minimum atomic E-state index is -4.99. The van der Waals surface area contributed by atoms with E-state index in [1.54, 1.807) is 12.1 Å². The first-order valence-electron chi connectivity index (χ1n) is 6.69. The first kappa shape index (κ1) is 19.5. The zero-order chi connectivity index (χ0) is 17.7. The van der Waals surface area contributed by atoms with Gasteiger partial charge in [0.05, 0.1) is 17.7 Å². The normalized spacial score (nSPS) is 13.8. The van der Waals surface area contributed by atoms with Gasteiger partial charge in [0.25, 0.3) is 0 Å². The average Bonchev–Trinajstić information content (AvgIpc) is 2.51. The Morgan fingerprint density at radius 1 is 1.04 bits per heavy atom. The van der Waals surface area contributed by atoms with Crippen LogP contribution >= 0.6 is 39.5 Å². The van der Waals surface area contributed by atoms with E-state index in [0.29, 0.717) is 17.7 Å². The second-order valence-electron chi connectivity index (χ2n) is 4.82. The lowest BCUT2D eigenvalue weighted by atomic mass is 10.2. The molecule has 0 heterocycles. The van der Waals surface area contributed by atoms with E-state index >= 15 is 0 Å². The Bertz CT molecular complexity index is 741. The van der Waals surface area contributed by atoms with Gasteiger partial charge < -0.3 is 14.2 Å². The molecule has 130 valence electrons. The van der Waals surface area contributed by atoms with Crippen molar-refractivity contribution in [3.63, 3.8) is 0 Å². The number of hydrogen-bond acceptors (Lipinski definition) is 3. The highest BCUT2D eigenvalue weighted by atomic mass is 79.9.